The standard InChI is InChI=1S/C16H23N3O/c1-18-8-4-5-14(12-18)13-6-7-17-15(11-13)16(20)19-9-2-3-10-19/h6-7,11,14H,2-5,8-10,12H2,1H3/t14-/m0/s1. The van der Waals surface area contributed by atoms with E-state index in [4.69, 9.17) is 0 Å². The molecule has 3 heterocycles. The molecule has 1 aromatic rings. The number of hydrogen-bond donors (Lipinski definition) is 0. The van der Waals surface area contributed by atoms with Crippen molar-refractivity contribution < 1.29 is 4.79 Å². The molecule has 0 N–H and O–H groups in total. The first-order valence-corrected chi connectivity index (χ1v) is 7.68. The Morgan fingerprint density at radius 1 is 1.25 bits per heavy atom. The maximum absolute atomic E-state index is 12.4. The Bertz CT molecular complexity index is 482. The van der Waals surface area contributed by atoms with Crippen LogP contribution < -0.4 is 0 Å². The van der Waals surface area contributed by atoms with Gasteiger partial charge in [-0.15, -0.1) is 0 Å². The van der Waals surface area contributed by atoms with Gasteiger partial charge in [0, 0.05) is 25.8 Å². The van der Waals surface area contributed by atoms with Gasteiger partial charge in [0.25, 0.3) is 5.91 Å². The molecule has 0 aromatic carbocycles. The summed E-state index contributed by atoms with van der Waals surface area (Å²) in [6, 6.07) is 4.09. The van der Waals surface area contributed by atoms with Gasteiger partial charge in [0.05, 0.1) is 0 Å². The van der Waals surface area contributed by atoms with Gasteiger partial charge in [-0.1, -0.05) is 0 Å². The molecular formula is C16H23N3O. The molecule has 0 saturated carbocycles. The predicted octanol–water partition coefficient (Wildman–Crippen LogP) is 2.13. The molecule has 2 saturated heterocycles. The van der Waals surface area contributed by atoms with Crippen molar-refractivity contribution >= 4 is 5.91 Å². The third-order valence-corrected chi connectivity index (χ3v) is 4.49. The topological polar surface area (TPSA) is 36.4 Å². The number of carbonyl (C=O) groups is 1. The van der Waals surface area contributed by atoms with Crippen LogP contribution in [-0.4, -0.2) is 53.9 Å². The summed E-state index contributed by atoms with van der Waals surface area (Å²) in [4.78, 5) is 21.0. The molecular weight excluding hydrogens is 250 g/mol. The van der Waals surface area contributed by atoms with Crippen molar-refractivity contribution in [2.24, 2.45) is 0 Å². The Hall–Kier alpha value is -1.42. The average Bonchev–Trinajstić information content (AvgIpc) is 3.01. The summed E-state index contributed by atoms with van der Waals surface area (Å²) < 4.78 is 0. The van der Waals surface area contributed by atoms with Gasteiger partial charge in [0.15, 0.2) is 0 Å². The predicted molar refractivity (Wildman–Crippen MR) is 78.8 cm³/mol. The van der Waals surface area contributed by atoms with Gasteiger partial charge in [-0.05, 0) is 62.9 Å². The van der Waals surface area contributed by atoms with Crippen LogP contribution >= 0.6 is 0 Å². The van der Waals surface area contributed by atoms with Crippen LogP contribution in [0.15, 0.2) is 18.3 Å². The van der Waals surface area contributed by atoms with E-state index in [2.05, 4.69) is 23.0 Å². The lowest BCUT2D eigenvalue weighted by Gasteiger charge is -2.30. The normalized spacial score (nSPS) is 24.1. The number of hydrogen-bond acceptors (Lipinski definition) is 3. The molecule has 0 aliphatic carbocycles. The SMILES string of the molecule is CN1CCC[C@H](c2ccnc(C(=O)N3CCCC3)c2)C1. The van der Waals surface area contributed by atoms with Crippen molar-refractivity contribution in [1.82, 2.24) is 14.8 Å². The summed E-state index contributed by atoms with van der Waals surface area (Å²) in [6.07, 6.45) is 6.50. The third-order valence-electron chi connectivity index (χ3n) is 4.49. The fraction of sp³-hybridized carbons (Fsp3) is 0.625. The number of nitrogens with zero attached hydrogens (tertiary/aromatic N) is 3. The lowest BCUT2D eigenvalue weighted by atomic mass is 9.91. The Kier molecular flexibility index (Phi) is 4.01. The van der Waals surface area contributed by atoms with Gasteiger partial charge in [-0.3, -0.25) is 9.78 Å². The minimum Gasteiger partial charge on any atom is -0.337 e. The van der Waals surface area contributed by atoms with E-state index in [1.54, 1.807) is 6.20 Å². The summed E-state index contributed by atoms with van der Waals surface area (Å²) in [6.45, 7) is 4.04. The zero-order chi connectivity index (χ0) is 13.9. The highest BCUT2D eigenvalue weighted by molar-refractivity contribution is 5.92. The molecule has 0 bridgehead atoms. The minimum atomic E-state index is 0.105. The van der Waals surface area contributed by atoms with Crippen LogP contribution in [0.1, 0.15) is 47.7 Å². The van der Waals surface area contributed by atoms with Crippen molar-refractivity contribution in [1.29, 1.82) is 0 Å². The van der Waals surface area contributed by atoms with E-state index in [9.17, 15) is 4.79 Å². The molecule has 0 radical (unpaired) electrons. The van der Waals surface area contributed by atoms with E-state index in [1.165, 1.54) is 24.9 Å². The summed E-state index contributed by atoms with van der Waals surface area (Å²) >= 11 is 0. The van der Waals surface area contributed by atoms with Gasteiger partial charge in [0.1, 0.15) is 5.69 Å². The third kappa shape index (κ3) is 2.85. The second-order valence-electron chi connectivity index (χ2n) is 6.08. The lowest BCUT2D eigenvalue weighted by Crippen LogP contribution is -2.31. The number of piperidine rings is 1. The number of rotatable bonds is 2. The van der Waals surface area contributed by atoms with Gasteiger partial charge in [0.2, 0.25) is 0 Å². The van der Waals surface area contributed by atoms with Gasteiger partial charge < -0.3 is 9.80 Å². The van der Waals surface area contributed by atoms with Crippen LogP contribution in [0.2, 0.25) is 0 Å². The first-order chi connectivity index (χ1) is 9.74. The van der Waals surface area contributed by atoms with Crippen LogP contribution in [0, 0.1) is 0 Å². The fourth-order valence-electron chi connectivity index (χ4n) is 3.34. The molecule has 3 rings (SSSR count). The molecule has 1 aromatic heterocycles. The second kappa shape index (κ2) is 5.92. The minimum absolute atomic E-state index is 0.105. The van der Waals surface area contributed by atoms with Gasteiger partial charge >= 0.3 is 0 Å². The van der Waals surface area contributed by atoms with Gasteiger partial charge in [-0.25, -0.2) is 0 Å². The number of aromatic nitrogens is 1. The number of amides is 1. The van der Waals surface area contributed by atoms with Crippen molar-refractivity contribution in [3.63, 3.8) is 0 Å². The fourth-order valence-corrected chi connectivity index (χ4v) is 3.34. The molecule has 1 atom stereocenters. The van der Waals surface area contributed by atoms with Crippen LogP contribution in [0.5, 0.6) is 0 Å². The molecule has 2 aliphatic rings. The highest BCUT2D eigenvalue weighted by atomic mass is 16.2. The summed E-state index contributed by atoms with van der Waals surface area (Å²) in [5.74, 6) is 0.649. The summed E-state index contributed by atoms with van der Waals surface area (Å²) in [5.41, 5.74) is 1.90. The van der Waals surface area contributed by atoms with E-state index < -0.39 is 0 Å². The Morgan fingerprint density at radius 3 is 2.80 bits per heavy atom. The molecule has 4 nitrogen and oxygen atoms in total. The molecule has 20 heavy (non-hydrogen) atoms. The number of likely N-dealkylation sites (N-methyl/N-ethyl adjacent to an activating group) is 1. The van der Waals surface area contributed by atoms with Crippen molar-refractivity contribution in [2.45, 2.75) is 31.6 Å². The average molecular weight is 273 g/mol. The van der Waals surface area contributed by atoms with E-state index in [0.717, 1.165) is 32.5 Å². The molecule has 2 aliphatic heterocycles. The largest absolute Gasteiger partial charge is 0.337 e. The zero-order valence-electron chi connectivity index (χ0n) is 12.2. The smallest absolute Gasteiger partial charge is 0.272 e. The number of likely N-dealkylation sites (tertiary alicyclic amines) is 2. The molecule has 2 fully saturated rings. The maximum Gasteiger partial charge on any atom is 0.272 e. The molecule has 4 heteroatoms. The van der Waals surface area contributed by atoms with Gasteiger partial charge in [-0.2, -0.15) is 0 Å². The van der Waals surface area contributed by atoms with Crippen LogP contribution in [0.3, 0.4) is 0 Å². The Labute approximate surface area is 120 Å². The van der Waals surface area contributed by atoms with E-state index >= 15 is 0 Å². The van der Waals surface area contributed by atoms with Crippen molar-refractivity contribution in [3.05, 3.63) is 29.6 Å². The molecule has 108 valence electrons. The van der Waals surface area contributed by atoms with E-state index in [1.807, 2.05) is 11.0 Å². The molecule has 0 spiro atoms. The second-order valence-corrected chi connectivity index (χ2v) is 6.08. The van der Waals surface area contributed by atoms with Crippen molar-refractivity contribution in [2.75, 3.05) is 33.2 Å². The Morgan fingerprint density at radius 2 is 2.05 bits per heavy atom. The van der Waals surface area contributed by atoms with Crippen LogP contribution in [0.25, 0.3) is 0 Å². The number of pyridine rings is 1. The van der Waals surface area contributed by atoms with Crippen LogP contribution in [0.4, 0.5) is 0 Å². The number of carbonyl (C=O) groups excluding carboxylic acids is 1. The highest BCUT2D eigenvalue weighted by Gasteiger charge is 2.23. The summed E-state index contributed by atoms with van der Waals surface area (Å²) in [5, 5.41) is 0. The zero-order valence-corrected chi connectivity index (χ0v) is 12.2. The molecule has 0 unspecified atom stereocenters. The summed E-state index contributed by atoms with van der Waals surface area (Å²) in [7, 11) is 2.17. The lowest BCUT2D eigenvalue weighted by molar-refractivity contribution is 0.0787. The maximum atomic E-state index is 12.4. The Balaban J connectivity index is 1.76. The van der Waals surface area contributed by atoms with E-state index in [-0.39, 0.29) is 5.91 Å². The van der Waals surface area contributed by atoms with Crippen molar-refractivity contribution in [3.8, 4) is 0 Å². The quantitative estimate of drug-likeness (QED) is 0.828. The monoisotopic (exact) mass is 273 g/mol. The van der Waals surface area contributed by atoms with Crippen LogP contribution in [-0.2, 0) is 0 Å². The first kappa shape index (κ1) is 13.6. The first-order valence-electron chi connectivity index (χ1n) is 7.68. The highest BCUT2D eigenvalue weighted by Crippen LogP contribution is 2.26. The molecule has 1 amide bonds. The van der Waals surface area contributed by atoms with E-state index in [0.29, 0.717) is 11.6 Å².